The average Bonchev–Trinajstić information content (AvgIpc) is 2.65. The molecule has 2 rings (SSSR count). The average molecular weight is 411 g/mol. The third kappa shape index (κ3) is 6.95. The summed E-state index contributed by atoms with van der Waals surface area (Å²) in [5.41, 5.74) is 5.04. The van der Waals surface area contributed by atoms with Crippen LogP contribution in [0.1, 0.15) is 28.7 Å². The quantitative estimate of drug-likeness (QED) is 0.473. The molecule has 0 unspecified atom stereocenters. The van der Waals surface area contributed by atoms with Gasteiger partial charge in [-0.3, -0.25) is 9.59 Å². The van der Waals surface area contributed by atoms with Gasteiger partial charge in [0, 0.05) is 17.1 Å². The Labute approximate surface area is 176 Å². The summed E-state index contributed by atoms with van der Waals surface area (Å²) in [6.45, 7) is 7.84. The SMILES string of the molecule is Cc1cc(C)cc(N(CCC#N)C(=O)COC(=O)CSc2ccc(C)cc2C)c1. The number of rotatable bonds is 8. The van der Waals surface area contributed by atoms with Gasteiger partial charge in [0.2, 0.25) is 0 Å². The number of esters is 1. The number of hydrogen-bond acceptors (Lipinski definition) is 5. The van der Waals surface area contributed by atoms with Crippen LogP contribution in [-0.2, 0) is 14.3 Å². The molecule has 1 amide bonds. The Morgan fingerprint density at radius 2 is 1.72 bits per heavy atom. The summed E-state index contributed by atoms with van der Waals surface area (Å²) in [7, 11) is 0. The van der Waals surface area contributed by atoms with E-state index in [0.717, 1.165) is 21.6 Å². The fourth-order valence-corrected chi connectivity index (χ4v) is 3.83. The maximum Gasteiger partial charge on any atom is 0.316 e. The van der Waals surface area contributed by atoms with Crippen molar-refractivity contribution in [1.29, 1.82) is 5.26 Å². The van der Waals surface area contributed by atoms with Gasteiger partial charge >= 0.3 is 5.97 Å². The number of ether oxygens (including phenoxy) is 1. The van der Waals surface area contributed by atoms with Gasteiger partial charge in [-0.2, -0.15) is 5.26 Å². The molecular weight excluding hydrogens is 384 g/mol. The molecule has 0 heterocycles. The minimum absolute atomic E-state index is 0.138. The van der Waals surface area contributed by atoms with Gasteiger partial charge in [-0.25, -0.2) is 0 Å². The fourth-order valence-electron chi connectivity index (χ4n) is 3.03. The van der Waals surface area contributed by atoms with Crippen LogP contribution in [0.4, 0.5) is 5.69 Å². The smallest absolute Gasteiger partial charge is 0.316 e. The van der Waals surface area contributed by atoms with Crippen molar-refractivity contribution in [3.63, 3.8) is 0 Å². The number of nitrogens with zero attached hydrogens (tertiary/aromatic N) is 2. The molecule has 0 aliphatic heterocycles. The lowest BCUT2D eigenvalue weighted by atomic mass is 10.1. The first-order valence-corrected chi connectivity index (χ1v) is 10.4. The summed E-state index contributed by atoms with van der Waals surface area (Å²) < 4.78 is 5.20. The van der Waals surface area contributed by atoms with Crippen LogP contribution < -0.4 is 4.90 Å². The van der Waals surface area contributed by atoms with E-state index in [2.05, 4.69) is 12.1 Å². The summed E-state index contributed by atoms with van der Waals surface area (Å²) >= 11 is 1.40. The van der Waals surface area contributed by atoms with Crippen molar-refractivity contribution >= 4 is 29.3 Å². The number of hydrogen-bond donors (Lipinski definition) is 0. The first-order valence-electron chi connectivity index (χ1n) is 9.41. The van der Waals surface area contributed by atoms with E-state index < -0.39 is 5.97 Å². The van der Waals surface area contributed by atoms with Crippen LogP contribution >= 0.6 is 11.8 Å². The van der Waals surface area contributed by atoms with Crippen LogP contribution in [0.5, 0.6) is 0 Å². The number of nitriles is 1. The van der Waals surface area contributed by atoms with Gasteiger partial charge in [0.25, 0.3) is 5.91 Å². The van der Waals surface area contributed by atoms with Crippen molar-refractivity contribution in [1.82, 2.24) is 0 Å². The Kier molecular flexibility index (Phi) is 8.29. The Morgan fingerprint density at radius 3 is 2.34 bits per heavy atom. The summed E-state index contributed by atoms with van der Waals surface area (Å²) in [6.07, 6.45) is 0.204. The zero-order chi connectivity index (χ0) is 21.4. The Morgan fingerprint density at radius 1 is 1.03 bits per heavy atom. The fraction of sp³-hybridized carbons (Fsp3) is 0.348. The van der Waals surface area contributed by atoms with Crippen LogP contribution in [0.25, 0.3) is 0 Å². The van der Waals surface area contributed by atoms with Crippen LogP contribution in [0.2, 0.25) is 0 Å². The van der Waals surface area contributed by atoms with E-state index in [-0.39, 0.29) is 31.2 Å². The van der Waals surface area contributed by atoms with Crippen LogP contribution in [-0.4, -0.2) is 30.8 Å². The summed E-state index contributed by atoms with van der Waals surface area (Å²) in [4.78, 5) is 27.3. The van der Waals surface area contributed by atoms with E-state index in [1.807, 2.05) is 58.0 Å². The minimum Gasteiger partial charge on any atom is -0.455 e. The van der Waals surface area contributed by atoms with Crippen molar-refractivity contribution in [2.75, 3.05) is 23.8 Å². The minimum atomic E-state index is -0.441. The van der Waals surface area contributed by atoms with Crippen molar-refractivity contribution in [3.8, 4) is 6.07 Å². The van der Waals surface area contributed by atoms with Gasteiger partial charge in [0.05, 0.1) is 18.2 Å². The van der Waals surface area contributed by atoms with Gasteiger partial charge in [0.15, 0.2) is 6.61 Å². The largest absolute Gasteiger partial charge is 0.455 e. The van der Waals surface area contributed by atoms with E-state index in [0.29, 0.717) is 5.69 Å². The molecule has 0 bridgehead atoms. The third-order valence-corrected chi connectivity index (χ3v) is 5.45. The van der Waals surface area contributed by atoms with Crippen molar-refractivity contribution < 1.29 is 14.3 Å². The number of anilines is 1. The second kappa shape index (κ2) is 10.7. The highest BCUT2D eigenvalue weighted by molar-refractivity contribution is 8.00. The maximum absolute atomic E-state index is 12.7. The molecule has 0 spiro atoms. The van der Waals surface area contributed by atoms with Crippen molar-refractivity contribution in [2.45, 2.75) is 39.0 Å². The van der Waals surface area contributed by atoms with Crippen molar-refractivity contribution in [2.24, 2.45) is 0 Å². The number of aryl methyl sites for hydroxylation is 4. The molecule has 0 saturated heterocycles. The predicted molar refractivity (Wildman–Crippen MR) is 116 cm³/mol. The summed E-state index contributed by atoms with van der Waals surface area (Å²) in [5.74, 6) is -0.641. The molecule has 2 aromatic rings. The highest BCUT2D eigenvalue weighted by atomic mass is 32.2. The van der Waals surface area contributed by atoms with Crippen LogP contribution in [0.3, 0.4) is 0 Å². The highest BCUT2D eigenvalue weighted by Crippen LogP contribution is 2.23. The van der Waals surface area contributed by atoms with Gasteiger partial charge < -0.3 is 9.64 Å². The third-order valence-electron chi connectivity index (χ3n) is 4.30. The zero-order valence-electron chi connectivity index (χ0n) is 17.3. The molecule has 0 saturated carbocycles. The molecule has 152 valence electrons. The molecule has 29 heavy (non-hydrogen) atoms. The second-order valence-corrected chi connectivity index (χ2v) is 8.03. The molecule has 5 nitrogen and oxygen atoms in total. The lowest BCUT2D eigenvalue weighted by Gasteiger charge is -2.22. The number of amides is 1. The Bertz CT molecular complexity index is 914. The van der Waals surface area contributed by atoms with Gasteiger partial charge in [-0.05, 0) is 62.6 Å². The lowest BCUT2D eigenvalue weighted by molar-refractivity contribution is -0.145. The van der Waals surface area contributed by atoms with Gasteiger partial charge in [0.1, 0.15) is 0 Å². The molecule has 0 radical (unpaired) electrons. The monoisotopic (exact) mass is 410 g/mol. The molecular formula is C23H26N2O3S. The van der Waals surface area contributed by atoms with Crippen molar-refractivity contribution in [3.05, 3.63) is 58.7 Å². The molecule has 6 heteroatoms. The first kappa shape index (κ1) is 22.5. The molecule has 0 atom stereocenters. The summed E-state index contributed by atoms with van der Waals surface area (Å²) in [6, 6.07) is 13.9. The normalized spacial score (nSPS) is 10.3. The van der Waals surface area contributed by atoms with Gasteiger partial charge in [-0.1, -0.05) is 23.8 Å². The molecule has 0 fully saturated rings. The molecule has 0 aromatic heterocycles. The van der Waals surface area contributed by atoms with Crippen LogP contribution in [0.15, 0.2) is 41.3 Å². The van der Waals surface area contributed by atoms with Crippen LogP contribution in [0, 0.1) is 39.0 Å². The molecule has 0 N–H and O–H groups in total. The Hall–Kier alpha value is -2.78. The molecule has 2 aromatic carbocycles. The van der Waals surface area contributed by atoms with Gasteiger partial charge in [-0.15, -0.1) is 11.8 Å². The number of benzene rings is 2. The van der Waals surface area contributed by atoms with E-state index in [1.54, 1.807) is 0 Å². The second-order valence-electron chi connectivity index (χ2n) is 7.02. The highest BCUT2D eigenvalue weighted by Gasteiger charge is 2.18. The molecule has 0 aliphatic carbocycles. The first-order chi connectivity index (χ1) is 13.8. The standard InChI is InChI=1S/C23H26N2O3S/c1-16-6-7-21(19(4)11-16)29-15-23(27)28-14-22(26)25(9-5-8-24)20-12-17(2)10-18(3)13-20/h6-7,10-13H,5,9,14-15H2,1-4H3. The van der Waals surface area contributed by atoms with E-state index in [4.69, 9.17) is 10.00 Å². The lowest BCUT2D eigenvalue weighted by Crippen LogP contribution is -2.35. The van der Waals surface area contributed by atoms with E-state index in [9.17, 15) is 9.59 Å². The topological polar surface area (TPSA) is 70.4 Å². The Balaban J connectivity index is 1.96. The number of thioether (sulfide) groups is 1. The number of carbonyl (C=O) groups is 2. The van der Waals surface area contributed by atoms with E-state index in [1.165, 1.54) is 22.2 Å². The zero-order valence-corrected chi connectivity index (χ0v) is 18.1. The van der Waals surface area contributed by atoms with E-state index >= 15 is 0 Å². The maximum atomic E-state index is 12.7. The summed E-state index contributed by atoms with van der Waals surface area (Å²) in [5, 5.41) is 8.91. The predicted octanol–water partition coefficient (Wildman–Crippen LogP) is 4.50. The number of carbonyl (C=O) groups excluding carboxylic acids is 2. The molecule has 0 aliphatic rings.